The molecule has 126 valence electrons. The molecule has 2 heterocycles. The van der Waals surface area contributed by atoms with Crippen LogP contribution in [0.15, 0.2) is 41.8 Å². The number of nitrogens with one attached hydrogen (secondary N) is 1. The highest BCUT2D eigenvalue weighted by molar-refractivity contribution is 7.09. The van der Waals surface area contributed by atoms with Crippen molar-refractivity contribution in [3.8, 4) is 5.75 Å². The van der Waals surface area contributed by atoms with E-state index >= 15 is 0 Å². The van der Waals surface area contributed by atoms with Gasteiger partial charge in [0.25, 0.3) is 0 Å². The zero-order chi connectivity index (χ0) is 16.9. The normalized spacial score (nSPS) is 14.1. The lowest BCUT2D eigenvalue weighted by molar-refractivity contribution is -0.121. The fraction of sp³-hybridized carbons (Fsp3) is 0.294. The summed E-state index contributed by atoms with van der Waals surface area (Å²) < 4.78 is 5.12. The average Bonchev–Trinajstić information content (AvgIpc) is 3.24. The van der Waals surface area contributed by atoms with E-state index in [0.717, 1.165) is 16.3 Å². The first-order chi connectivity index (χ1) is 11.7. The SMILES string of the molecule is COc1ccc(N2CCN(CC(=O)NCc3cccs3)C2=O)cc1. The van der Waals surface area contributed by atoms with E-state index in [1.54, 1.807) is 28.2 Å². The van der Waals surface area contributed by atoms with Crippen LogP contribution in [0.5, 0.6) is 5.75 Å². The van der Waals surface area contributed by atoms with E-state index in [1.807, 2.05) is 41.8 Å². The number of rotatable bonds is 6. The van der Waals surface area contributed by atoms with Gasteiger partial charge in [0.1, 0.15) is 12.3 Å². The Kier molecular flexibility index (Phi) is 5.00. The highest BCUT2D eigenvalue weighted by Gasteiger charge is 2.30. The molecule has 1 aromatic carbocycles. The Morgan fingerprint density at radius 2 is 2.04 bits per heavy atom. The molecule has 0 bridgehead atoms. The van der Waals surface area contributed by atoms with E-state index in [4.69, 9.17) is 4.74 Å². The summed E-state index contributed by atoms with van der Waals surface area (Å²) in [5, 5.41) is 4.82. The summed E-state index contributed by atoms with van der Waals surface area (Å²) in [5.74, 6) is 0.600. The van der Waals surface area contributed by atoms with Gasteiger partial charge < -0.3 is 15.0 Å². The largest absolute Gasteiger partial charge is 0.497 e. The van der Waals surface area contributed by atoms with E-state index in [0.29, 0.717) is 19.6 Å². The van der Waals surface area contributed by atoms with Crippen LogP contribution in [0.2, 0.25) is 0 Å². The molecule has 1 saturated heterocycles. The Labute approximate surface area is 144 Å². The predicted octanol–water partition coefficient (Wildman–Crippen LogP) is 2.32. The summed E-state index contributed by atoms with van der Waals surface area (Å²) in [6, 6.07) is 11.1. The smallest absolute Gasteiger partial charge is 0.325 e. The number of hydrogen-bond acceptors (Lipinski definition) is 4. The minimum atomic E-state index is -0.147. The Morgan fingerprint density at radius 3 is 2.71 bits per heavy atom. The lowest BCUT2D eigenvalue weighted by Gasteiger charge is -2.18. The monoisotopic (exact) mass is 345 g/mol. The van der Waals surface area contributed by atoms with E-state index in [2.05, 4.69) is 5.32 Å². The molecule has 1 N–H and O–H groups in total. The Morgan fingerprint density at radius 1 is 1.25 bits per heavy atom. The summed E-state index contributed by atoms with van der Waals surface area (Å²) >= 11 is 1.60. The molecule has 6 nitrogen and oxygen atoms in total. The molecule has 3 rings (SSSR count). The molecule has 7 heteroatoms. The number of hydrogen-bond donors (Lipinski definition) is 1. The van der Waals surface area contributed by atoms with Crippen LogP contribution in [0.4, 0.5) is 10.5 Å². The third kappa shape index (κ3) is 3.68. The minimum absolute atomic E-state index is 0.0802. The van der Waals surface area contributed by atoms with Crippen molar-refractivity contribution in [2.24, 2.45) is 0 Å². The summed E-state index contributed by atoms with van der Waals surface area (Å²) in [6.07, 6.45) is 0. The van der Waals surface area contributed by atoms with Gasteiger partial charge in [0.15, 0.2) is 0 Å². The van der Waals surface area contributed by atoms with Gasteiger partial charge in [-0.2, -0.15) is 0 Å². The molecule has 0 unspecified atom stereocenters. The van der Waals surface area contributed by atoms with E-state index in [-0.39, 0.29) is 18.5 Å². The van der Waals surface area contributed by atoms with Crippen molar-refractivity contribution in [2.45, 2.75) is 6.54 Å². The highest BCUT2D eigenvalue weighted by Crippen LogP contribution is 2.23. The maximum Gasteiger partial charge on any atom is 0.325 e. The lowest BCUT2D eigenvalue weighted by atomic mass is 10.3. The number of benzene rings is 1. The number of thiophene rings is 1. The third-order valence-electron chi connectivity index (χ3n) is 3.85. The van der Waals surface area contributed by atoms with Crippen molar-refractivity contribution in [3.05, 3.63) is 46.7 Å². The minimum Gasteiger partial charge on any atom is -0.497 e. The molecular formula is C17H19N3O3S. The van der Waals surface area contributed by atoms with Gasteiger partial charge in [0, 0.05) is 23.7 Å². The molecule has 24 heavy (non-hydrogen) atoms. The van der Waals surface area contributed by atoms with Crippen LogP contribution in [0.1, 0.15) is 4.88 Å². The number of carbonyl (C=O) groups excluding carboxylic acids is 2. The number of methoxy groups -OCH3 is 1. The predicted molar refractivity (Wildman–Crippen MR) is 93.5 cm³/mol. The Balaban J connectivity index is 1.54. The molecular weight excluding hydrogens is 326 g/mol. The number of anilines is 1. The second kappa shape index (κ2) is 7.35. The number of amides is 3. The van der Waals surface area contributed by atoms with E-state index < -0.39 is 0 Å². The van der Waals surface area contributed by atoms with Crippen LogP contribution in [0.25, 0.3) is 0 Å². The quantitative estimate of drug-likeness (QED) is 0.874. The zero-order valence-electron chi connectivity index (χ0n) is 13.4. The second-order valence-corrected chi connectivity index (χ2v) is 6.44. The number of urea groups is 1. The van der Waals surface area contributed by atoms with Gasteiger partial charge in [-0.25, -0.2) is 4.79 Å². The first-order valence-electron chi connectivity index (χ1n) is 7.67. The molecule has 0 radical (unpaired) electrons. The molecule has 2 aromatic rings. The standard InChI is InChI=1S/C17H19N3O3S/c1-23-14-6-4-13(5-7-14)20-9-8-19(17(20)22)12-16(21)18-11-15-3-2-10-24-15/h2-7,10H,8-9,11-12H2,1H3,(H,18,21). The molecule has 0 atom stereocenters. The molecule has 1 aliphatic heterocycles. The molecule has 3 amide bonds. The van der Waals surface area contributed by atoms with Crippen LogP contribution in [0, 0.1) is 0 Å². The number of ether oxygens (including phenoxy) is 1. The summed E-state index contributed by atoms with van der Waals surface area (Å²) in [6.45, 7) is 1.69. The van der Waals surface area contributed by atoms with Crippen LogP contribution >= 0.6 is 11.3 Å². The van der Waals surface area contributed by atoms with Gasteiger partial charge in [-0.3, -0.25) is 9.69 Å². The zero-order valence-corrected chi connectivity index (χ0v) is 14.2. The fourth-order valence-electron chi connectivity index (χ4n) is 2.56. The molecule has 0 aliphatic carbocycles. The summed E-state index contributed by atoms with van der Waals surface area (Å²) in [4.78, 5) is 28.8. The van der Waals surface area contributed by atoms with Gasteiger partial charge in [0.05, 0.1) is 13.7 Å². The Hall–Kier alpha value is -2.54. The number of nitrogens with zero attached hydrogens (tertiary/aromatic N) is 2. The maximum atomic E-state index is 12.5. The summed E-state index contributed by atoms with van der Waals surface area (Å²) in [7, 11) is 1.60. The maximum absolute atomic E-state index is 12.5. The molecule has 0 spiro atoms. The van der Waals surface area contributed by atoms with Gasteiger partial charge in [-0.1, -0.05) is 6.07 Å². The molecule has 0 saturated carbocycles. The second-order valence-electron chi connectivity index (χ2n) is 5.41. The lowest BCUT2D eigenvalue weighted by Crippen LogP contribution is -2.39. The van der Waals surface area contributed by atoms with Gasteiger partial charge >= 0.3 is 6.03 Å². The van der Waals surface area contributed by atoms with Crippen molar-refractivity contribution in [1.29, 1.82) is 0 Å². The highest BCUT2D eigenvalue weighted by atomic mass is 32.1. The first kappa shape index (κ1) is 16.3. The topological polar surface area (TPSA) is 61.9 Å². The number of carbonyl (C=O) groups is 2. The Bertz CT molecular complexity index is 700. The average molecular weight is 345 g/mol. The van der Waals surface area contributed by atoms with Crippen LogP contribution in [-0.2, 0) is 11.3 Å². The van der Waals surface area contributed by atoms with Crippen molar-refractivity contribution < 1.29 is 14.3 Å². The van der Waals surface area contributed by atoms with Crippen molar-refractivity contribution in [1.82, 2.24) is 10.2 Å². The molecule has 1 aliphatic rings. The van der Waals surface area contributed by atoms with Gasteiger partial charge in [-0.05, 0) is 35.7 Å². The third-order valence-corrected chi connectivity index (χ3v) is 4.73. The van der Waals surface area contributed by atoms with Crippen LogP contribution in [0.3, 0.4) is 0 Å². The summed E-state index contributed by atoms with van der Waals surface area (Å²) in [5.41, 5.74) is 0.808. The van der Waals surface area contributed by atoms with Crippen LogP contribution < -0.4 is 15.0 Å². The van der Waals surface area contributed by atoms with E-state index in [1.165, 1.54) is 0 Å². The van der Waals surface area contributed by atoms with Crippen molar-refractivity contribution in [3.63, 3.8) is 0 Å². The van der Waals surface area contributed by atoms with Crippen LogP contribution in [-0.4, -0.2) is 43.6 Å². The molecule has 1 fully saturated rings. The first-order valence-corrected chi connectivity index (χ1v) is 8.55. The molecule has 1 aromatic heterocycles. The fourth-order valence-corrected chi connectivity index (χ4v) is 3.20. The van der Waals surface area contributed by atoms with Gasteiger partial charge in [-0.15, -0.1) is 11.3 Å². The van der Waals surface area contributed by atoms with E-state index in [9.17, 15) is 9.59 Å². The van der Waals surface area contributed by atoms with Crippen molar-refractivity contribution >= 4 is 29.0 Å². The van der Waals surface area contributed by atoms with Crippen molar-refractivity contribution in [2.75, 3.05) is 31.6 Å². The van der Waals surface area contributed by atoms with Gasteiger partial charge in [0.2, 0.25) is 5.91 Å².